The van der Waals surface area contributed by atoms with Crippen molar-refractivity contribution in [3.05, 3.63) is 76.6 Å². The number of hydrogen-bond donors (Lipinski definition) is 4. The van der Waals surface area contributed by atoms with Gasteiger partial charge in [-0.25, -0.2) is 8.42 Å². The van der Waals surface area contributed by atoms with Crippen molar-refractivity contribution in [1.29, 1.82) is 0 Å². The SMILES string of the molecule is Cc1cccc(C)c1C1CC2NC(N1)NS(=O)(=O)C1CCCC(C1)C(=O)N(Cc1cccc(-c3cn[nH]c3C(C)(C)C)c1)[C@H](CC(C)(C)C)CO2. The first kappa shape index (κ1) is 37.7. The van der Waals surface area contributed by atoms with E-state index < -0.39 is 33.7 Å². The van der Waals surface area contributed by atoms with E-state index >= 15 is 0 Å². The van der Waals surface area contributed by atoms with Crippen LogP contribution in [0.25, 0.3) is 11.1 Å². The van der Waals surface area contributed by atoms with Gasteiger partial charge in [0.05, 0.1) is 24.1 Å². The smallest absolute Gasteiger partial charge is 0.226 e. The Bertz CT molecular complexity index is 1790. The zero-order chi connectivity index (χ0) is 36.7. The highest BCUT2D eigenvalue weighted by atomic mass is 32.2. The topological polar surface area (TPSA) is 128 Å². The van der Waals surface area contributed by atoms with E-state index in [0.29, 0.717) is 45.3 Å². The summed E-state index contributed by atoms with van der Waals surface area (Å²) < 4.78 is 37.7. The molecule has 0 radical (unpaired) electrons. The molecule has 1 amide bonds. The van der Waals surface area contributed by atoms with Crippen molar-refractivity contribution < 1.29 is 17.9 Å². The molecule has 2 aromatic carbocycles. The van der Waals surface area contributed by atoms with Crippen molar-refractivity contribution in [3.63, 3.8) is 0 Å². The van der Waals surface area contributed by atoms with Crippen LogP contribution in [-0.2, 0) is 31.5 Å². The number of carbonyl (C=O) groups is 1. The molecule has 5 unspecified atom stereocenters. The van der Waals surface area contributed by atoms with E-state index in [2.05, 4.69) is 117 Å². The number of ether oxygens (including phenoxy) is 1. The van der Waals surface area contributed by atoms with Gasteiger partial charge >= 0.3 is 0 Å². The zero-order valence-corrected chi connectivity index (χ0v) is 32.5. The fourth-order valence-electron chi connectivity index (χ4n) is 8.38. The molecule has 11 heteroatoms. The van der Waals surface area contributed by atoms with Crippen molar-refractivity contribution in [2.24, 2.45) is 11.3 Å². The minimum atomic E-state index is -3.77. The van der Waals surface area contributed by atoms with Crippen LogP contribution in [0.5, 0.6) is 0 Å². The van der Waals surface area contributed by atoms with Gasteiger partial charge in [0.25, 0.3) is 0 Å². The molecule has 6 atom stereocenters. The largest absolute Gasteiger partial charge is 0.361 e. The Kier molecular flexibility index (Phi) is 10.9. The number of sulfonamides is 1. The predicted octanol–water partition coefficient (Wildman–Crippen LogP) is 6.57. The summed E-state index contributed by atoms with van der Waals surface area (Å²) in [4.78, 5) is 16.8. The van der Waals surface area contributed by atoms with Crippen molar-refractivity contribution in [3.8, 4) is 11.1 Å². The Balaban J connectivity index is 1.38. The van der Waals surface area contributed by atoms with E-state index in [9.17, 15) is 13.2 Å². The third-order valence-electron chi connectivity index (χ3n) is 10.8. The molecule has 3 aromatic rings. The fraction of sp³-hybridized carbons (Fsp3) is 0.600. The number of fused-ring (bicyclic) bond motifs is 4. The second-order valence-corrected chi connectivity index (χ2v) is 19.3. The van der Waals surface area contributed by atoms with Gasteiger partial charge in [0.2, 0.25) is 15.9 Å². The van der Waals surface area contributed by atoms with Crippen LogP contribution in [0.15, 0.2) is 48.7 Å². The molecular formula is C40H58N6O4S. The zero-order valence-electron chi connectivity index (χ0n) is 31.7. The van der Waals surface area contributed by atoms with Crippen LogP contribution in [0.1, 0.15) is 114 Å². The van der Waals surface area contributed by atoms with E-state index in [-0.39, 0.29) is 28.8 Å². The number of aromatic amines is 1. The Labute approximate surface area is 304 Å². The third-order valence-corrected chi connectivity index (χ3v) is 12.7. The number of aromatic nitrogens is 2. The van der Waals surface area contributed by atoms with Gasteiger partial charge in [-0.3, -0.25) is 20.5 Å². The van der Waals surface area contributed by atoms with Gasteiger partial charge in [0, 0.05) is 41.6 Å². The first-order valence-electron chi connectivity index (χ1n) is 18.6. The minimum absolute atomic E-state index is 0.0126. The summed E-state index contributed by atoms with van der Waals surface area (Å²) in [5, 5.41) is 13.9. The maximum Gasteiger partial charge on any atom is 0.226 e. The van der Waals surface area contributed by atoms with Crippen LogP contribution < -0.4 is 15.4 Å². The highest BCUT2D eigenvalue weighted by Crippen LogP contribution is 2.36. The van der Waals surface area contributed by atoms with Crippen LogP contribution in [0.3, 0.4) is 0 Å². The standard InChI is InChI=1S/C40H58N6O4S/c1-25-12-9-13-26(2)35(25)33-20-34-43-38(42-33)45-51(48,49)31-17-11-16-29(19-31)37(47)46(30(24-50-34)21-39(3,4)5)23-27-14-10-15-28(18-27)32-22-41-44-36(32)40(6,7)8/h9-10,12-15,18,22,29-31,33-34,38,42-43,45H,11,16-17,19-21,23-24H2,1-8H3,(H,41,44)/t29?,30-,31?,33?,34?,38?/m1/s1. The fourth-order valence-corrected chi connectivity index (χ4v) is 10.0. The van der Waals surface area contributed by atoms with Crippen LogP contribution in [0, 0.1) is 25.2 Å². The molecule has 278 valence electrons. The highest BCUT2D eigenvalue weighted by Gasteiger charge is 2.42. The average molecular weight is 719 g/mol. The average Bonchev–Trinajstić information content (AvgIpc) is 3.56. The second-order valence-electron chi connectivity index (χ2n) is 17.3. The maximum atomic E-state index is 14.8. The molecule has 51 heavy (non-hydrogen) atoms. The molecular weight excluding hydrogens is 661 g/mol. The Hall–Kier alpha value is -3.09. The van der Waals surface area contributed by atoms with Crippen molar-refractivity contribution in [2.45, 2.75) is 136 Å². The van der Waals surface area contributed by atoms with Gasteiger partial charge in [0.15, 0.2) is 0 Å². The molecule has 3 heterocycles. The number of amides is 1. The molecule has 1 saturated carbocycles. The molecule has 0 spiro atoms. The number of hydrogen-bond acceptors (Lipinski definition) is 7. The first-order valence-corrected chi connectivity index (χ1v) is 20.2. The molecule has 10 nitrogen and oxygen atoms in total. The quantitative estimate of drug-likeness (QED) is 0.235. The van der Waals surface area contributed by atoms with Gasteiger partial charge < -0.3 is 9.64 Å². The predicted molar refractivity (Wildman–Crippen MR) is 202 cm³/mol. The molecule has 3 fully saturated rings. The molecule has 3 aliphatic rings. The van der Waals surface area contributed by atoms with Crippen LogP contribution in [0.2, 0.25) is 0 Å². The number of aryl methyl sites for hydroxylation is 2. The molecule has 6 rings (SSSR count). The number of rotatable bonds is 5. The van der Waals surface area contributed by atoms with Gasteiger partial charge in [-0.05, 0) is 78.8 Å². The van der Waals surface area contributed by atoms with Gasteiger partial charge in [0.1, 0.15) is 12.5 Å². The van der Waals surface area contributed by atoms with E-state index in [0.717, 1.165) is 45.5 Å². The van der Waals surface area contributed by atoms with Gasteiger partial charge in [-0.2, -0.15) is 9.82 Å². The van der Waals surface area contributed by atoms with E-state index in [1.165, 1.54) is 0 Å². The highest BCUT2D eigenvalue weighted by molar-refractivity contribution is 7.90. The molecule has 4 bridgehead atoms. The van der Waals surface area contributed by atoms with Crippen molar-refractivity contribution >= 4 is 15.9 Å². The lowest BCUT2D eigenvalue weighted by Gasteiger charge is -2.41. The van der Waals surface area contributed by atoms with Gasteiger partial charge in [-0.15, -0.1) is 0 Å². The lowest BCUT2D eigenvalue weighted by Crippen LogP contribution is -2.64. The summed E-state index contributed by atoms with van der Waals surface area (Å²) in [6.45, 7) is 18.0. The molecule has 4 N–H and O–H groups in total. The summed E-state index contributed by atoms with van der Waals surface area (Å²) >= 11 is 0. The third kappa shape index (κ3) is 8.76. The summed E-state index contributed by atoms with van der Waals surface area (Å²) in [7, 11) is -3.77. The molecule has 1 aliphatic carbocycles. The first-order chi connectivity index (χ1) is 24.0. The van der Waals surface area contributed by atoms with Crippen LogP contribution >= 0.6 is 0 Å². The Morgan fingerprint density at radius 1 is 0.961 bits per heavy atom. The van der Waals surface area contributed by atoms with Crippen molar-refractivity contribution in [1.82, 2.24) is 30.5 Å². The lowest BCUT2D eigenvalue weighted by atomic mass is 9.84. The number of carbonyl (C=O) groups excluding carboxylic acids is 1. The number of nitrogens with one attached hydrogen (secondary N) is 4. The van der Waals surface area contributed by atoms with Crippen LogP contribution in [-0.4, -0.2) is 59.8 Å². The summed E-state index contributed by atoms with van der Waals surface area (Å²) in [6, 6.07) is 14.3. The van der Waals surface area contributed by atoms with Gasteiger partial charge in [-0.1, -0.05) is 84.4 Å². The molecule has 2 saturated heterocycles. The maximum absolute atomic E-state index is 14.8. The Morgan fingerprint density at radius 2 is 1.69 bits per heavy atom. The summed E-state index contributed by atoms with van der Waals surface area (Å²) in [5.74, 6) is -0.380. The van der Waals surface area contributed by atoms with Crippen LogP contribution in [0.4, 0.5) is 0 Å². The van der Waals surface area contributed by atoms with Crippen molar-refractivity contribution in [2.75, 3.05) is 6.61 Å². The number of H-pyrrole nitrogens is 1. The lowest BCUT2D eigenvalue weighted by molar-refractivity contribution is -0.143. The normalized spacial score (nSPS) is 27.7. The monoisotopic (exact) mass is 718 g/mol. The second kappa shape index (κ2) is 14.7. The molecule has 1 aromatic heterocycles. The molecule has 2 aliphatic heterocycles. The summed E-state index contributed by atoms with van der Waals surface area (Å²) in [5.41, 5.74) is 7.43. The number of benzene rings is 2. The Morgan fingerprint density at radius 3 is 2.39 bits per heavy atom. The van der Waals surface area contributed by atoms with E-state index in [1.54, 1.807) is 0 Å². The van der Waals surface area contributed by atoms with E-state index in [4.69, 9.17) is 4.74 Å². The number of nitrogens with zero attached hydrogens (tertiary/aromatic N) is 2. The van der Waals surface area contributed by atoms with E-state index in [1.807, 2.05) is 17.2 Å². The summed E-state index contributed by atoms with van der Waals surface area (Å²) in [6.07, 6.45) is 4.24. The minimum Gasteiger partial charge on any atom is -0.361 e.